The number of nitrogens with one attached hydrogen (secondary N) is 2. The van der Waals surface area contributed by atoms with Crippen LogP contribution in [0.1, 0.15) is 38.5 Å². The average Bonchev–Trinajstić information content (AvgIpc) is 2.29. The maximum atomic E-state index is 11.2. The summed E-state index contributed by atoms with van der Waals surface area (Å²) in [6.07, 6.45) is 1.54. The maximum Gasteiger partial charge on any atom is 0.318 e. The van der Waals surface area contributed by atoms with Crippen molar-refractivity contribution in [2.75, 3.05) is 0 Å². The van der Waals surface area contributed by atoms with E-state index in [9.17, 15) is 24.6 Å². The third kappa shape index (κ3) is 9.73. The SMILES string of the molecule is O=CCCCC(O)NC(=O)NC(O)CCCC=O. The number of aldehydes is 2. The standard InChI is InChI=1S/C11H20N2O5/c14-7-3-1-5-9(16)12-11(18)13-10(17)6-2-4-8-15/h7-10,16-17H,1-6H2,(H2,12,13,18). The second-order valence-corrected chi connectivity index (χ2v) is 3.84. The number of amides is 2. The summed E-state index contributed by atoms with van der Waals surface area (Å²) in [5.74, 6) is 0. The van der Waals surface area contributed by atoms with Gasteiger partial charge in [0.1, 0.15) is 25.0 Å². The molecule has 0 spiro atoms. The normalized spacial score (nSPS) is 13.4. The lowest BCUT2D eigenvalue weighted by atomic mass is 10.2. The van der Waals surface area contributed by atoms with Gasteiger partial charge in [0.25, 0.3) is 0 Å². The molecule has 2 amide bonds. The van der Waals surface area contributed by atoms with Gasteiger partial charge in [-0.3, -0.25) is 0 Å². The molecule has 0 aromatic rings. The van der Waals surface area contributed by atoms with E-state index >= 15 is 0 Å². The highest BCUT2D eigenvalue weighted by atomic mass is 16.3. The second-order valence-electron chi connectivity index (χ2n) is 3.84. The van der Waals surface area contributed by atoms with Gasteiger partial charge in [-0.25, -0.2) is 4.79 Å². The van der Waals surface area contributed by atoms with E-state index in [2.05, 4.69) is 10.6 Å². The highest BCUT2D eigenvalue weighted by Crippen LogP contribution is 1.98. The first-order valence-corrected chi connectivity index (χ1v) is 5.90. The Kier molecular flexibility index (Phi) is 9.80. The Hall–Kier alpha value is -1.47. The number of hydrogen-bond acceptors (Lipinski definition) is 5. The van der Waals surface area contributed by atoms with Gasteiger partial charge in [0.15, 0.2) is 0 Å². The van der Waals surface area contributed by atoms with E-state index in [4.69, 9.17) is 0 Å². The van der Waals surface area contributed by atoms with Crippen LogP contribution in [0.2, 0.25) is 0 Å². The molecule has 7 nitrogen and oxygen atoms in total. The van der Waals surface area contributed by atoms with Crippen molar-refractivity contribution in [1.29, 1.82) is 0 Å². The van der Waals surface area contributed by atoms with Crippen molar-refractivity contribution >= 4 is 18.6 Å². The molecule has 0 heterocycles. The van der Waals surface area contributed by atoms with Gasteiger partial charge in [0, 0.05) is 12.8 Å². The molecule has 0 aliphatic rings. The molecule has 0 rings (SSSR count). The van der Waals surface area contributed by atoms with Gasteiger partial charge in [0.05, 0.1) is 0 Å². The number of urea groups is 1. The van der Waals surface area contributed by atoms with E-state index in [1.54, 1.807) is 0 Å². The van der Waals surface area contributed by atoms with Gasteiger partial charge >= 0.3 is 6.03 Å². The van der Waals surface area contributed by atoms with Gasteiger partial charge in [-0.2, -0.15) is 0 Å². The van der Waals surface area contributed by atoms with E-state index in [0.717, 1.165) is 12.6 Å². The van der Waals surface area contributed by atoms with Gasteiger partial charge in [-0.05, 0) is 25.7 Å². The Morgan fingerprint density at radius 2 is 1.33 bits per heavy atom. The summed E-state index contributed by atoms with van der Waals surface area (Å²) in [5.41, 5.74) is 0. The number of carbonyl (C=O) groups excluding carboxylic acids is 3. The Labute approximate surface area is 106 Å². The van der Waals surface area contributed by atoms with Gasteiger partial charge in [-0.1, -0.05) is 0 Å². The van der Waals surface area contributed by atoms with Crippen LogP contribution in [0.15, 0.2) is 0 Å². The van der Waals surface area contributed by atoms with Crippen LogP contribution in [0.25, 0.3) is 0 Å². The number of aliphatic hydroxyl groups excluding tert-OH is 2. The molecule has 0 saturated heterocycles. The molecule has 2 atom stereocenters. The Morgan fingerprint density at radius 1 is 0.944 bits per heavy atom. The minimum atomic E-state index is -1.05. The first-order chi connectivity index (χ1) is 8.60. The van der Waals surface area contributed by atoms with Crippen LogP contribution in [0.5, 0.6) is 0 Å². The van der Waals surface area contributed by atoms with Crippen LogP contribution in [0, 0.1) is 0 Å². The van der Waals surface area contributed by atoms with Crippen molar-refractivity contribution in [3.05, 3.63) is 0 Å². The number of hydrogen-bond donors (Lipinski definition) is 4. The van der Waals surface area contributed by atoms with Crippen molar-refractivity contribution in [3.63, 3.8) is 0 Å². The first-order valence-electron chi connectivity index (χ1n) is 5.90. The number of carbonyl (C=O) groups is 3. The van der Waals surface area contributed by atoms with Gasteiger partial charge < -0.3 is 30.4 Å². The summed E-state index contributed by atoms with van der Waals surface area (Å²) < 4.78 is 0. The van der Waals surface area contributed by atoms with E-state index in [-0.39, 0.29) is 12.8 Å². The topological polar surface area (TPSA) is 116 Å². The lowest BCUT2D eigenvalue weighted by Crippen LogP contribution is -2.46. The largest absolute Gasteiger partial charge is 0.374 e. The highest BCUT2D eigenvalue weighted by molar-refractivity contribution is 5.74. The zero-order chi connectivity index (χ0) is 13.8. The fourth-order valence-electron chi connectivity index (χ4n) is 1.28. The molecule has 2 unspecified atom stereocenters. The van der Waals surface area contributed by atoms with Crippen molar-refractivity contribution in [1.82, 2.24) is 10.6 Å². The molecule has 0 saturated carbocycles. The van der Waals surface area contributed by atoms with Crippen LogP contribution in [-0.4, -0.2) is 41.3 Å². The predicted molar refractivity (Wildman–Crippen MR) is 63.5 cm³/mol. The van der Waals surface area contributed by atoms with Crippen LogP contribution in [-0.2, 0) is 9.59 Å². The summed E-state index contributed by atoms with van der Waals surface area (Å²) in [7, 11) is 0. The minimum absolute atomic E-state index is 0.271. The third-order valence-electron chi connectivity index (χ3n) is 2.19. The average molecular weight is 260 g/mol. The van der Waals surface area contributed by atoms with Crippen molar-refractivity contribution in [2.45, 2.75) is 51.0 Å². The van der Waals surface area contributed by atoms with Crippen LogP contribution < -0.4 is 10.6 Å². The number of rotatable bonds is 10. The zero-order valence-electron chi connectivity index (χ0n) is 10.2. The fraction of sp³-hybridized carbons (Fsp3) is 0.727. The highest BCUT2D eigenvalue weighted by Gasteiger charge is 2.11. The summed E-state index contributed by atoms with van der Waals surface area (Å²) >= 11 is 0. The molecule has 0 bridgehead atoms. The molecule has 104 valence electrons. The van der Waals surface area contributed by atoms with E-state index in [0.29, 0.717) is 25.7 Å². The Balaban J connectivity index is 3.67. The molecule has 0 aliphatic carbocycles. The number of aliphatic hydroxyl groups is 2. The first kappa shape index (κ1) is 16.5. The molecule has 4 N–H and O–H groups in total. The van der Waals surface area contributed by atoms with Gasteiger partial charge in [0.2, 0.25) is 0 Å². The van der Waals surface area contributed by atoms with E-state index in [1.165, 1.54) is 0 Å². The lowest BCUT2D eigenvalue weighted by Gasteiger charge is -2.16. The molecule has 0 fully saturated rings. The quantitative estimate of drug-likeness (QED) is 0.244. The summed E-state index contributed by atoms with van der Waals surface area (Å²) in [6.45, 7) is 0. The van der Waals surface area contributed by atoms with E-state index in [1.807, 2.05) is 0 Å². The second kappa shape index (κ2) is 10.7. The third-order valence-corrected chi connectivity index (χ3v) is 2.19. The Morgan fingerprint density at radius 3 is 1.67 bits per heavy atom. The monoisotopic (exact) mass is 260 g/mol. The lowest BCUT2D eigenvalue weighted by molar-refractivity contribution is -0.108. The summed E-state index contributed by atoms with van der Waals surface area (Å²) in [4.78, 5) is 31.3. The van der Waals surface area contributed by atoms with E-state index < -0.39 is 18.5 Å². The minimum Gasteiger partial charge on any atom is -0.374 e. The number of unbranched alkanes of at least 4 members (excludes halogenated alkanes) is 2. The molecular formula is C11H20N2O5. The molecule has 0 aromatic carbocycles. The maximum absolute atomic E-state index is 11.2. The van der Waals surface area contributed by atoms with Crippen LogP contribution in [0.4, 0.5) is 4.79 Å². The van der Waals surface area contributed by atoms with Gasteiger partial charge in [-0.15, -0.1) is 0 Å². The smallest absolute Gasteiger partial charge is 0.318 e. The molecule has 18 heavy (non-hydrogen) atoms. The zero-order valence-corrected chi connectivity index (χ0v) is 10.2. The van der Waals surface area contributed by atoms with Crippen molar-refractivity contribution in [3.8, 4) is 0 Å². The summed E-state index contributed by atoms with van der Waals surface area (Å²) in [5, 5.41) is 23.2. The Bertz CT molecular complexity index is 236. The van der Waals surface area contributed by atoms with Crippen molar-refractivity contribution < 1.29 is 24.6 Å². The molecule has 0 radical (unpaired) electrons. The molecule has 7 heteroatoms. The molecular weight excluding hydrogens is 240 g/mol. The predicted octanol–water partition coefficient (Wildman–Crippen LogP) is -0.339. The van der Waals surface area contributed by atoms with Crippen LogP contribution >= 0.6 is 0 Å². The van der Waals surface area contributed by atoms with Crippen LogP contribution in [0.3, 0.4) is 0 Å². The fourth-order valence-corrected chi connectivity index (χ4v) is 1.28. The molecule has 0 aromatic heterocycles. The molecule has 0 aliphatic heterocycles. The van der Waals surface area contributed by atoms with Crippen molar-refractivity contribution in [2.24, 2.45) is 0 Å². The summed E-state index contributed by atoms with van der Waals surface area (Å²) in [6, 6.07) is -0.688.